The molecule has 1 rings (SSSR count). The largest absolute Gasteiger partial charge is 0.412 e. The highest BCUT2D eigenvalue weighted by atomic mass is 127. The van der Waals surface area contributed by atoms with Gasteiger partial charge in [0.2, 0.25) is 5.79 Å². The summed E-state index contributed by atoms with van der Waals surface area (Å²) < 4.78 is 12.1. The van der Waals surface area contributed by atoms with E-state index in [2.05, 4.69) is 41.8 Å². The molecule has 0 radical (unpaired) electrons. The minimum absolute atomic E-state index is 0.320. The maximum atomic E-state index is 11.6. The van der Waals surface area contributed by atoms with Gasteiger partial charge in [0.15, 0.2) is 0 Å². The van der Waals surface area contributed by atoms with E-state index in [0.717, 1.165) is 9.13 Å². The minimum Gasteiger partial charge on any atom is -0.412 e. The molecular weight excluding hydrogens is 357 g/mol. The zero-order valence-electron chi connectivity index (χ0n) is 11.7. The first-order chi connectivity index (χ1) is 8.95. The highest BCUT2D eigenvalue weighted by Crippen LogP contribution is 2.36. The molecule has 0 aliphatic rings. The van der Waals surface area contributed by atoms with Gasteiger partial charge in [-0.2, -0.15) is 0 Å². The summed E-state index contributed by atoms with van der Waals surface area (Å²) in [6, 6.07) is 7.76. The van der Waals surface area contributed by atoms with Crippen molar-refractivity contribution >= 4 is 28.7 Å². The van der Waals surface area contributed by atoms with Crippen molar-refractivity contribution in [1.82, 2.24) is 5.32 Å². The van der Waals surface area contributed by atoms with E-state index in [9.17, 15) is 4.79 Å². The molecule has 0 spiro atoms. The van der Waals surface area contributed by atoms with Crippen molar-refractivity contribution in [2.75, 3.05) is 14.2 Å². The fraction of sp³-hybridized carbons (Fsp3) is 0.500. The van der Waals surface area contributed by atoms with Crippen molar-refractivity contribution in [1.29, 1.82) is 0 Å². The van der Waals surface area contributed by atoms with E-state index in [-0.39, 0.29) is 0 Å². The van der Waals surface area contributed by atoms with E-state index in [1.807, 2.05) is 24.3 Å². The zero-order chi connectivity index (χ0) is 14.5. The first-order valence-corrected chi connectivity index (χ1v) is 7.24. The maximum Gasteiger partial charge on any atom is 0.409 e. The fourth-order valence-corrected chi connectivity index (χ4v) is 2.75. The molecule has 106 valence electrons. The lowest BCUT2D eigenvalue weighted by Crippen LogP contribution is -2.39. The second kappa shape index (κ2) is 7.09. The third kappa shape index (κ3) is 4.07. The van der Waals surface area contributed by atoms with Crippen molar-refractivity contribution in [3.05, 3.63) is 33.4 Å². The molecule has 1 N–H and O–H groups in total. The summed E-state index contributed by atoms with van der Waals surface area (Å²) in [4.78, 5) is 11.6. The summed E-state index contributed by atoms with van der Waals surface area (Å²) in [6.07, 6.45) is 0.0962. The molecular formula is C14H20INO3. The molecule has 1 atom stereocenters. The molecule has 0 aromatic heterocycles. The molecule has 0 saturated heterocycles. The van der Waals surface area contributed by atoms with Gasteiger partial charge in [-0.1, -0.05) is 32.0 Å². The Kier molecular flexibility index (Phi) is 6.06. The van der Waals surface area contributed by atoms with Crippen molar-refractivity contribution < 1.29 is 14.3 Å². The van der Waals surface area contributed by atoms with Crippen LogP contribution in [0.15, 0.2) is 24.3 Å². The van der Waals surface area contributed by atoms with Crippen molar-refractivity contribution in [3.63, 3.8) is 0 Å². The number of halogens is 1. The van der Waals surface area contributed by atoms with E-state index in [1.165, 1.54) is 7.05 Å². The van der Waals surface area contributed by atoms with Crippen molar-refractivity contribution in [2.45, 2.75) is 26.1 Å². The second-order valence-corrected chi connectivity index (χ2v) is 5.84. The first-order valence-electron chi connectivity index (χ1n) is 6.16. The monoisotopic (exact) mass is 377 g/mol. The number of hydrogen-bond acceptors (Lipinski definition) is 3. The Bertz CT molecular complexity index is 436. The Morgan fingerprint density at radius 1 is 1.42 bits per heavy atom. The summed E-state index contributed by atoms with van der Waals surface area (Å²) in [5.41, 5.74) is 0.871. The van der Waals surface area contributed by atoms with Crippen LogP contribution in [0.2, 0.25) is 0 Å². The highest BCUT2D eigenvalue weighted by molar-refractivity contribution is 14.1. The molecule has 0 saturated carbocycles. The topological polar surface area (TPSA) is 47.6 Å². The van der Waals surface area contributed by atoms with Gasteiger partial charge in [-0.3, -0.25) is 0 Å². The predicted octanol–water partition coefficient (Wildman–Crippen LogP) is 3.49. The Labute approximate surface area is 128 Å². The van der Waals surface area contributed by atoms with E-state index < -0.39 is 11.9 Å². The number of hydrogen-bond donors (Lipinski definition) is 1. The maximum absolute atomic E-state index is 11.6. The molecule has 1 aromatic rings. The lowest BCUT2D eigenvalue weighted by Gasteiger charge is -2.34. The average Bonchev–Trinajstić information content (AvgIpc) is 2.37. The van der Waals surface area contributed by atoms with E-state index in [1.54, 1.807) is 7.11 Å². The van der Waals surface area contributed by atoms with Crippen LogP contribution in [0.3, 0.4) is 0 Å². The number of methoxy groups -OCH3 is 1. The van der Waals surface area contributed by atoms with Crippen molar-refractivity contribution in [3.8, 4) is 0 Å². The standard InChI is InChI=1S/C14H20INO3/c1-10(2)9-14(18-4,19-13(17)16-3)11-7-5-6-8-12(11)15/h5-8,10H,9H2,1-4H3,(H,16,17)/t14-/m0/s1. The van der Waals surface area contributed by atoms with Gasteiger partial charge in [0, 0.05) is 29.7 Å². The molecule has 0 unspecified atom stereocenters. The average molecular weight is 377 g/mol. The predicted molar refractivity (Wildman–Crippen MR) is 82.8 cm³/mol. The Balaban J connectivity index is 3.23. The van der Waals surface area contributed by atoms with Crippen molar-refractivity contribution in [2.24, 2.45) is 5.92 Å². The Morgan fingerprint density at radius 3 is 2.53 bits per heavy atom. The highest BCUT2D eigenvalue weighted by Gasteiger charge is 2.38. The van der Waals surface area contributed by atoms with Crippen LogP contribution in [0.4, 0.5) is 4.79 Å². The van der Waals surface area contributed by atoms with Gasteiger partial charge in [-0.15, -0.1) is 0 Å². The number of ether oxygens (including phenoxy) is 2. The summed E-state index contributed by atoms with van der Waals surface area (Å²) in [6.45, 7) is 4.13. The van der Waals surface area contributed by atoms with Crippen LogP contribution in [0, 0.1) is 9.49 Å². The zero-order valence-corrected chi connectivity index (χ0v) is 13.9. The number of carbonyl (C=O) groups excluding carboxylic acids is 1. The minimum atomic E-state index is -1.05. The fourth-order valence-electron chi connectivity index (χ4n) is 1.95. The molecule has 4 nitrogen and oxygen atoms in total. The van der Waals surface area contributed by atoms with Crippen LogP contribution in [-0.2, 0) is 15.3 Å². The summed E-state index contributed by atoms with van der Waals surface area (Å²) in [5, 5.41) is 2.47. The van der Waals surface area contributed by atoms with Crippen LogP contribution >= 0.6 is 22.6 Å². The van der Waals surface area contributed by atoms with E-state index in [4.69, 9.17) is 9.47 Å². The second-order valence-electron chi connectivity index (χ2n) is 4.67. The molecule has 5 heteroatoms. The van der Waals surface area contributed by atoms with Crippen LogP contribution in [0.5, 0.6) is 0 Å². The molecule has 0 fully saturated rings. The number of carbonyl (C=O) groups is 1. The van der Waals surface area contributed by atoms with Gasteiger partial charge in [0.1, 0.15) is 0 Å². The summed E-state index contributed by atoms with van der Waals surface area (Å²) >= 11 is 2.22. The number of rotatable bonds is 5. The molecule has 1 aromatic carbocycles. The molecule has 0 aliphatic carbocycles. The Morgan fingerprint density at radius 2 is 2.05 bits per heavy atom. The van der Waals surface area contributed by atoms with Crippen LogP contribution < -0.4 is 5.32 Å². The first kappa shape index (κ1) is 16.2. The Hall–Kier alpha value is -0.820. The number of amides is 1. The summed E-state index contributed by atoms with van der Waals surface area (Å²) in [5.74, 6) is -0.730. The van der Waals surface area contributed by atoms with E-state index in [0.29, 0.717) is 12.3 Å². The quantitative estimate of drug-likeness (QED) is 0.631. The molecule has 0 bridgehead atoms. The third-order valence-corrected chi connectivity index (χ3v) is 3.69. The van der Waals surface area contributed by atoms with Gasteiger partial charge in [-0.05, 0) is 34.6 Å². The molecule has 19 heavy (non-hydrogen) atoms. The smallest absolute Gasteiger partial charge is 0.409 e. The normalized spacial score (nSPS) is 14.0. The van der Waals surface area contributed by atoms with Crippen LogP contribution in [-0.4, -0.2) is 20.3 Å². The number of benzene rings is 1. The van der Waals surface area contributed by atoms with Gasteiger partial charge in [-0.25, -0.2) is 4.79 Å². The van der Waals surface area contributed by atoms with Gasteiger partial charge < -0.3 is 14.8 Å². The molecule has 0 aliphatic heterocycles. The van der Waals surface area contributed by atoms with Gasteiger partial charge in [0.05, 0.1) is 0 Å². The third-order valence-electron chi connectivity index (χ3n) is 2.75. The lowest BCUT2D eigenvalue weighted by molar-refractivity contribution is -0.204. The molecule has 0 heterocycles. The SMILES string of the molecule is CNC(=O)O[C@](CC(C)C)(OC)c1ccccc1I. The van der Waals surface area contributed by atoms with Gasteiger partial charge >= 0.3 is 6.09 Å². The van der Waals surface area contributed by atoms with Crippen LogP contribution in [0.1, 0.15) is 25.8 Å². The summed E-state index contributed by atoms with van der Waals surface area (Å²) in [7, 11) is 3.10. The van der Waals surface area contributed by atoms with Crippen LogP contribution in [0.25, 0.3) is 0 Å². The number of nitrogens with one attached hydrogen (secondary N) is 1. The number of alkyl carbamates (subject to hydrolysis) is 1. The molecule has 1 amide bonds. The van der Waals surface area contributed by atoms with Gasteiger partial charge in [0.25, 0.3) is 0 Å². The lowest BCUT2D eigenvalue weighted by atomic mass is 9.95. The van der Waals surface area contributed by atoms with E-state index >= 15 is 0 Å².